The first-order chi connectivity index (χ1) is 13.8. The minimum atomic E-state index is 0.382. The Morgan fingerprint density at radius 2 is 1.83 bits per heavy atom. The third-order valence-corrected chi connectivity index (χ3v) is 7.97. The molecule has 3 nitrogen and oxygen atoms in total. The zero-order chi connectivity index (χ0) is 21.0. The lowest BCUT2D eigenvalue weighted by atomic mass is 9.64. The van der Waals surface area contributed by atoms with Crippen molar-refractivity contribution in [2.24, 2.45) is 23.2 Å². The summed E-state index contributed by atoms with van der Waals surface area (Å²) in [5, 5.41) is 4.22. The van der Waals surface area contributed by atoms with Crippen molar-refractivity contribution < 1.29 is 0 Å². The number of benzene rings is 1. The van der Waals surface area contributed by atoms with Gasteiger partial charge in [0.15, 0.2) is 0 Å². The minimum Gasteiger partial charge on any atom is -0.398 e. The number of hydrogen-bond acceptors (Lipinski definition) is 3. The molecule has 29 heavy (non-hydrogen) atoms. The average Bonchev–Trinajstić information content (AvgIpc) is 2.66. The number of hydrogen-bond donors (Lipinski definition) is 2. The number of nitrogens with one attached hydrogen (secondary N) is 1. The number of nitrogen functional groups attached to an aromatic ring is 1. The molecule has 3 N–H and O–H groups in total. The Labute approximate surface area is 183 Å². The van der Waals surface area contributed by atoms with Crippen molar-refractivity contribution >= 4 is 17.3 Å². The zero-order valence-corrected chi connectivity index (χ0v) is 19.7. The third kappa shape index (κ3) is 6.12. The van der Waals surface area contributed by atoms with Gasteiger partial charge in [-0.15, -0.1) is 11.6 Å². The van der Waals surface area contributed by atoms with Crippen LogP contribution in [0, 0.1) is 23.2 Å². The number of anilines is 1. The van der Waals surface area contributed by atoms with Crippen LogP contribution in [0.3, 0.4) is 0 Å². The number of rotatable bonds is 7. The van der Waals surface area contributed by atoms with Gasteiger partial charge in [0.25, 0.3) is 0 Å². The molecular formula is C25H42ClN3. The highest BCUT2D eigenvalue weighted by Gasteiger charge is 2.41. The predicted octanol–water partition coefficient (Wildman–Crippen LogP) is 5.53. The first-order valence-electron chi connectivity index (χ1n) is 11.7. The van der Waals surface area contributed by atoms with Crippen LogP contribution in [0.5, 0.6) is 0 Å². The van der Waals surface area contributed by atoms with E-state index in [4.69, 9.17) is 17.3 Å². The summed E-state index contributed by atoms with van der Waals surface area (Å²) < 4.78 is 0. The summed E-state index contributed by atoms with van der Waals surface area (Å²) in [5.74, 6) is 2.32. The molecule has 1 heterocycles. The second-order valence-corrected chi connectivity index (χ2v) is 11.2. The molecular weight excluding hydrogens is 378 g/mol. The smallest absolute Gasteiger partial charge is 0.0359 e. The summed E-state index contributed by atoms with van der Waals surface area (Å²) in [5.41, 5.74) is 8.61. The lowest BCUT2D eigenvalue weighted by Crippen LogP contribution is -2.53. The van der Waals surface area contributed by atoms with Gasteiger partial charge in [-0.05, 0) is 73.4 Å². The minimum absolute atomic E-state index is 0.382. The van der Waals surface area contributed by atoms with Gasteiger partial charge in [0.1, 0.15) is 0 Å². The van der Waals surface area contributed by atoms with E-state index in [1.54, 1.807) is 0 Å². The van der Waals surface area contributed by atoms with E-state index >= 15 is 0 Å². The quantitative estimate of drug-likeness (QED) is 0.451. The Morgan fingerprint density at radius 3 is 2.45 bits per heavy atom. The van der Waals surface area contributed by atoms with Crippen LogP contribution < -0.4 is 11.1 Å². The van der Waals surface area contributed by atoms with E-state index in [1.165, 1.54) is 50.8 Å². The van der Waals surface area contributed by atoms with E-state index in [1.807, 2.05) is 12.1 Å². The van der Waals surface area contributed by atoms with Crippen LogP contribution in [0.25, 0.3) is 0 Å². The van der Waals surface area contributed by atoms with Gasteiger partial charge in [0, 0.05) is 36.7 Å². The molecule has 2 fully saturated rings. The van der Waals surface area contributed by atoms with Gasteiger partial charge < -0.3 is 16.0 Å². The first-order valence-corrected chi connectivity index (χ1v) is 12.1. The Morgan fingerprint density at radius 1 is 1.14 bits per heavy atom. The Balaban J connectivity index is 1.55. The number of nitrogens with two attached hydrogens (primary N) is 1. The standard InChI is InChI=1S/C25H42ClN3/c1-18(2)24(28-15-20-7-5-6-8-23(20)27)16-29-14-13-22(25(3,4)17-29)19-9-11-21(26)12-10-19/h5-8,18-19,21-22,24,28H,9-17,27H2,1-4H3/t19?,21?,22-,24+/m1/s1. The van der Waals surface area contributed by atoms with Gasteiger partial charge in [-0.1, -0.05) is 45.9 Å². The van der Waals surface area contributed by atoms with Gasteiger partial charge in [0.2, 0.25) is 0 Å². The van der Waals surface area contributed by atoms with Crippen LogP contribution in [0.15, 0.2) is 24.3 Å². The molecule has 164 valence electrons. The summed E-state index contributed by atoms with van der Waals surface area (Å²) >= 11 is 6.36. The Bertz CT molecular complexity index is 637. The fourth-order valence-corrected chi connectivity index (χ4v) is 5.97. The molecule has 1 aromatic rings. The van der Waals surface area contributed by atoms with E-state index in [0.717, 1.165) is 30.6 Å². The number of alkyl halides is 1. The number of para-hydroxylation sites is 1. The highest BCUT2D eigenvalue weighted by atomic mass is 35.5. The maximum atomic E-state index is 6.36. The average molecular weight is 420 g/mol. The SMILES string of the molecule is CC(C)[C@H](CN1CC[C@H](C2CCC(Cl)CC2)C(C)(C)C1)NCc1ccccc1N. The summed E-state index contributed by atoms with van der Waals surface area (Å²) in [7, 11) is 0. The van der Waals surface area contributed by atoms with Gasteiger partial charge in [0.05, 0.1) is 0 Å². The molecule has 2 atom stereocenters. The molecule has 1 saturated carbocycles. The highest BCUT2D eigenvalue weighted by Crippen LogP contribution is 2.45. The molecule has 0 amide bonds. The molecule has 0 radical (unpaired) electrons. The van der Waals surface area contributed by atoms with Crippen LogP contribution in [0.2, 0.25) is 0 Å². The molecule has 3 rings (SSSR count). The predicted molar refractivity (Wildman–Crippen MR) is 126 cm³/mol. The molecule has 1 aliphatic carbocycles. The maximum Gasteiger partial charge on any atom is 0.0359 e. The maximum absolute atomic E-state index is 6.36. The van der Waals surface area contributed by atoms with Crippen molar-refractivity contribution in [3.05, 3.63) is 29.8 Å². The van der Waals surface area contributed by atoms with Crippen LogP contribution >= 0.6 is 11.6 Å². The lowest BCUT2D eigenvalue weighted by molar-refractivity contribution is 0.00476. The summed E-state index contributed by atoms with van der Waals surface area (Å²) in [6, 6.07) is 8.68. The summed E-state index contributed by atoms with van der Waals surface area (Å²) in [6.45, 7) is 14.1. The molecule has 0 aromatic heterocycles. The zero-order valence-electron chi connectivity index (χ0n) is 19.0. The van der Waals surface area contributed by atoms with Gasteiger partial charge in [-0.3, -0.25) is 0 Å². The lowest BCUT2D eigenvalue weighted by Gasteiger charge is -2.49. The Kier molecular flexibility index (Phi) is 7.92. The second kappa shape index (κ2) is 10.0. The van der Waals surface area contributed by atoms with Gasteiger partial charge in [-0.2, -0.15) is 0 Å². The van der Waals surface area contributed by atoms with E-state index in [-0.39, 0.29) is 0 Å². The second-order valence-electron chi connectivity index (χ2n) is 10.6. The Hall–Kier alpha value is -0.770. The molecule has 0 spiro atoms. The molecule has 4 heteroatoms. The fourth-order valence-electron chi connectivity index (χ4n) is 5.72. The van der Waals surface area contributed by atoms with E-state index in [2.05, 4.69) is 50.0 Å². The molecule has 1 saturated heterocycles. The topological polar surface area (TPSA) is 41.3 Å². The third-order valence-electron chi connectivity index (χ3n) is 7.53. The van der Waals surface area contributed by atoms with Crippen LogP contribution in [0.4, 0.5) is 5.69 Å². The molecule has 0 bridgehead atoms. The van der Waals surface area contributed by atoms with Crippen LogP contribution in [-0.2, 0) is 6.54 Å². The van der Waals surface area contributed by atoms with Crippen molar-refractivity contribution in [1.29, 1.82) is 0 Å². The van der Waals surface area contributed by atoms with Crippen LogP contribution in [0.1, 0.15) is 65.4 Å². The van der Waals surface area contributed by atoms with Gasteiger partial charge >= 0.3 is 0 Å². The van der Waals surface area contributed by atoms with E-state index in [9.17, 15) is 0 Å². The number of halogens is 1. The summed E-state index contributed by atoms with van der Waals surface area (Å²) in [4.78, 5) is 2.70. The number of piperidine rings is 1. The van der Waals surface area contributed by atoms with Crippen molar-refractivity contribution in [3.63, 3.8) is 0 Å². The molecule has 1 aromatic carbocycles. The monoisotopic (exact) mass is 419 g/mol. The van der Waals surface area contributed by atoms with E-state index < -0.39 is 0 Å². The van der Waals surface area contributed by atoms with E-state index in [0.29, 0.717) is 22.8 Å². The molecule has 0 unspecified atom stereocenters. The fraction of sp³-hybridized carbons (Fsp3) is 0.760. The van der Waals surface area contributed by atoms with Crippen LogP contribution in [-0.4, -0.2) is 36.0 Å². The summed E-state index contributed by atoms with van der Waals surface area (Å²) in [6.07, 6.45) is 6.42. The molecule has 2 aliphatic rings. The number of nitrogens with zero attached hydrogens (tertiary/aromatic N) is 1. The normalized spacial score (nSPS) is 29.1. The largest absolute Gasteiger partial charge is 0.398 e. The van der Waals surface area contributed by atoms with Crippen molar-refractivity contribution in [2.45, 2.75) is 77.8 Å². The number of likely N-dealkylation sites (tertiary alicyclic amines) is 1. The molecule has 1 aliphatic heterocycles. The van der Waals surface area contributed by atoms with Crippen molar-refractivity contribution in [3.8, 4) is 0 Å². The van der Waals surface area contributed by atoms with Crippen molar-refractivity contribution in [1.82, 2.24) is 10.2 Å². The highest BCUT2D eigenvalue weighted by molar-refractivity contribution is 6.20. The first kappa shape index (κ1) is 22.9. The van der Waals surface area contributed by atoms with Gasteiger partial charge in [-0.25, -0.2) is 0 Å². The van der Waals surface area contributed by atoms with Crippen molar-refractivity contribution in [2.75, 3.05) is 25.4 Å².